The van der Waals surface area contributed by atoms with E-state index in [1.54, 1.807) is 0 Å². The molecule has 0 bridgehead atoms. The molecule has 1 aromatic carbocycles. The molecule has 2 aromatic rings. The fourth-order valence-electron chi connectivity index (χ4n) is 3.47. The van der Waals surface area contributed by atoms with Crippen LogP contribution in [0, 0.1) is 0 Å². The first-order chi connectivity index (χ1) is 11.8. The van der Waals surface area contributed by atoms with Gasteiger partial charge in [0.2, 0.25) is 5.95 Å². The highest BCUT2D eigenvalue weighted by Gasteiger charge is 2.24. The van der Waals surface area contributed by atoms with Gasteiger partial charge in [0.15, 0.2) is 0 Å². The summed E-state index contributed by atoms with van der Waals surface area (Å²) in [5.74, 6) is 1.27. The number of nitrogens with two attached hydrogens (primary N) is 1. The van der Waals surface area contributed by atoms with Gasteiger partial charge in [-0.15, -0.1) is 0 Å². The van der Waals surface area contributed by atoms with Crippen LogP contribution >= 0.6 is 0 Å². The highest BCUT2D eigenvalue weighted by molar-refractivity contribution is 5.88. The molecule has 2 aliphatic heterocycles. The van der Waals surface area contributed by atoms with Crippen LogP contribution in [-0.2, 0) is 9.47 Å². The Hall–Kier alpha value is -1.92. The van der Waals surface area contributed by atoms with Gasteiger partial charge in [0, 0.05) is 25.1 Å². The third-order valence-electron chi connectivity index (χ3n) is 4.89. The summed E-state index contributed by atoms with van der Waals surface area (Å²) in [6.45, 7) is 3.40. The molecule has 2 N–H and O–H groups in total. The fraction of sp³-hybridized carbons (Fsp3) is 0.556. The van der Waals surface area contributed by atoms with E-state index in [9.17, 15) is 0 Å². The standard InChI is InChI=1S/C18H24N4O2/c19-17-15-5-1-2-6-16(15)20-18(21-17)22-9-7-13(8-10-22)24-12-14-4-3-11-23-14/h1-2,5-6,13-14H,3-4,7-12H2,(H2,19,20,21). The van der Waals surface area contributed by atoms with Crippen LogP contribution in [0.2, 0.25) is 0 Å². The molecule has 4 rings (SSSR count). The first-order valence-electron chi connectivity index (χ1n) is 8.80. The largest absolute Gasteiger partial charge is 0.383 e. The molecule has 1 unspecified atom stereocenters. The van der Waals surface area contributed by atoms with Gasteiger partial charge < -0.3 is 20.1 Å². The van der Waals surface area contributed by atoms with Gasteiger partial charge in [-0.1, -0.05) is 12.1 Å². The van der Waals surface area contributed by atoms with Crippen LogP contribution in [0.25, 0.3) is 10.9 Å². The maximum atomic E-state index is 6.09. The van der Waals surface area contributed by atoms with E-state index in [4.69, 9.17) is 15.2 Å². The van der Waals surface area contributed by atoms with Crippen LogP contribution < -0.4 is 10.6 Å². The fourth-order valence-corrected chi connectivity index (χ4v) is 3.47. The summed E-state index contributed by atoms with van der Waals surface area (Å²) >= 11 is 0. The van der Waals surface area contributed by atoms with Crippen molar-refractivity contribution in [3.63, 3.8) is 0 Å². The third-order valence-corrected chi connectivity index (χ3v) is 4.89. The molecule has 2 aliphatic rings. The summed E-state index contributed by atoms with van der Waals surface area (Å²) in [4.78, 5) is 11.4. The molecule has 0 amide bonds. The Morgan fingerprint density at radius 3 is 2.79 bits per heavy atom. The van der Waals surface area contributed by atoms with Crippen molar-refractivity contribution in [2.45, 2.75) is 37.9 Å². The molecule has 2 saturated heterocycles. The van der Waals surface area contributed by atoms with Crippen LogP contribution in [0.15, 0.2) is 24.3 Å². The second-order valence-corrected chi connectivity index (χ2v) is 6.58. The number of nitrogen functional groups attached to an aromatic ring is 1. The van der Waals surface area contributed by atoms with E-state index in [2.05, 4.69) is 14.9 Å². The minimum absolute atomic E-state index is 0.298. The topological polar surface area (TPSA) is 73.5 Å². The lowest BCUT2D eigenvalue weighted by Gasteiger charge is -2.32. The van der Waals surface area contributed by atoms with Crippen LogP contribution in [0.4, 0.5) is 11.8 Å². The van der Waals surface area contributed by atoms with Gasteiger partial charge in [-0.2, -0.15) is 4.98 Å². The Labute approximate surface area is 142 Å². The van der Waals surface area contributed by atoms with Crippen molar-refractivity contribution in [3.05, 3.63) is 24.3 Å². The average Bonchev–Trinajstić information content (AvgIpc) is 3.14. The number of piperidine rings is 1. The summed E-state index contributed by atoms with van der Waals surface area (Å²) in [5, 5.41) is 0.913. The van der Waals surface area contributed by atoms with Crippen molar-refractivity contribution < 1.29 is 9.47 Å². The number of rotatable bonds is 4. The predicted octanol–water partition coefficient (Wildman–Crippen LogP) is 2.38. The Kier molecular flexibility index (Phi) is 4.49. The first-order valence-corrected chi connectivity index (χ1v) is 8.80. The number of hydrogen-bond acceptors (Lipinski definition) is 6. The predicted molar refractivity (Wildman–Crippen MR) is 94.1 cm³/mol. The van der Waals surface area contributed by atoms with Crippen LogP contribution in [0.1, 0.15) is 25.7 Å². The molecule has 3 heterocycles. The van der Waals surface area contributed by atoms with E-state index in [1.165, 1.54) is 0 Å². The van der Waals surface area contributed by atoms with Crippen molar-refractivity contribution in [2.75, 3.05) is 36.9 Å². The van der Waals surface area contributed by atoms with E-state index in [-0.39, 0.29) is 0 Å². The van der Waals surface area contributed by atoms with Crippen molar-refractivity contribution >= 4 is 22.7 Å². The molecule has 6 heteroatoms. The van der Waals surface area contributed by atoms with Gasteiger partial charge in [-0.25, -0.2) is 4.98 Å². The van der Waals surface area contributed by atoms with Crippen molar-refractivity contribution in [3.8, 4) is 0 Å². The van der Waals surface area contributed by atoms with Gasteiger partial charge >= 0.3 is 0 Å². The average molecular weight is 328 g/mol. The molecule has 0 aliphatic carbocycles. The molecule has 6 nitrogen and oxygen atoms in total. The maximum Gasteiger partial charge on any atom is 0.227 e. The van der Waals surface area contributed by atoms with Crippen molar-refractivity contribution in [1.82, 2.24) is 9.97 Å². The number of ether oxygens (including phenoxy) is 2. The normalized spacial score (nSPS) is 22.3. The molecular weight excluding hydrogens is 304 g/mol. The first kappa shape index (κ1) is 15.6. The number of aromatic nitrogens is 2. The highest BCUT2D eigenvalue weighted by atomic mass is 16.5. The number of hydrogen-bond donors (Lipinski definition) is 1. The summed E-state index contributed by atoms with van der Waals surface area (Å²) in [6, 6.07) is 7.87. The second-order valence-electron chi connectivity index (χ2n) is 6.58. The van der Waals surface area contributed by atoms with E-state index in [0.29, 0.717) is 18.0 Å². The van der Waals surface area contributed by atoms with Gasteiger partial charge in [0.05, 0.1) is 24.3 Å². The molecule has 0 radical (unpaired) electrons. The van der Waals surface area contributed by atoms with E-state index in [0.717, 1.165) is 68.8 Å². The third kappa shape index (κ3) is 3.30. The number of nitrogens with zero attached hydrogens (tertiary/aromatic N) is 3. The second kappa shape index (κ2) is 6.91. The smallest absolute Gasteiger partial charge is 0.227 e. The quantitative estimate of drug-likeness (QED) is 0.929. The molecular formula is C18H24N4O2. The molecule has 0 saturated carbocycles. The van der Waals surface area contributed by atoms with Crippen LogP contribution in [0.5, 0.6) is 0 Å². The van der Waals surface area contributed by atoms with Gasteiger partial charge in [-0.05, 0) is 37.8 Å². The minimum Gasteiger partial charge on any atom is -0.383 e. The van der Waals surface area contributed by atoms with Gasteiger partial charge in [0.25, 0.3) is 0 Å². The van der Waals surface area contributed by atoms with E-state index < -0.39 is 0 Å². The lowest BCUT2D eigenvalue weighted by atomic mass is 10.1. The van der Waals surface area contributed by atoms with Gasteiger partial charge in [0.1, 0.15) is 5.82 Å². The van der Waals surface area contributed by atoms with Crippen LogP contribution in [0.3, 0.4) is 0 Å². The van der Waals surface area contributed by atoms with Gasteiger partial charge in [-0.3, -0.25) is 0 Å². The summed E-state index contributed by atoms with van der Waals surface area (Å²) in [5.41, 5.74) is 6.99. The zero-order valence-electron chi connectivity index (χ0n) is 13.9. The maximum absolute atomic E-state index is 6.09. The van der Waals surface area contributed by atoms with Crippen molar-refractivity contribution in [1.29, 1.82) is 0 Å². The molecule has 1 aromatic heterocycles. The zero-order chi connectivity index (χ0) is 16.4. The van der Waals surface area contributed by atoms with Crippen molar-refractivity contribution in [2.24, 2.45) is 0 Å². The van der Waals surface area contributed by atoms with E-state index >= 15 is 0 Å². The molecule has 128 valence electrons. The lowest BCUT2D eigenvalue weighted by Crippen LogP contribution is -2.39. The Morgan fingerprint density at radius 1 is 1.17 bits per heavy atom. The Balaban J connectivity index is 1.37. The highest BCUT2D eigenvalue weighted by Crippen LogP contribution is 2.24. The molecule has 2 fully saturated rings. The molecule has 1 atom stereocenters. The number of benzene rings is 1. The summed E-state index contributed by atoms with van der Waals surface area (Å²) in [6.07, 6.45) is 4.87. The minimum atomic E-state index is 0.298. The number of para-hydroxylation sites is 1. The van der Waals surface area contributed by atoms with E-state index in [1.807, 2.05) is 24.3 Å². The molecule has 24 heavy (non-hydrogen) atoms. The summed E-state index contributed by atoms with van der Waals surface area (Å²) in [7, 11) is 0. The summed E-state index contributed by atoms with van der Waals surface area (Å²) < 4.78 is 11.6. The van der Waals surface area contributed by atoms with Crippen LogP contribution in [-0.4, -0.2) is 48.5 Å². The Morgan fingerprint density at radius 2 is 2.00 bits per heavy atom. The Bertz CT molecular complexity index is 694. The monoisotopic (exact) mass is 328 g/mol. The zero-order valence-corrected chi connectivity index (χ0v) is 13.9. The number of anilines is 2. The lowest BCUT2D eigenvalue weighted by molar-refractivity contribution is -0.0280. The number of fused-ring (bicyclic) bond motifs is 1. The SMILES string of the molecule is Nc1nc(N2CCC(OCC3CCCO3)CC2)nc2ccccc12. The molecule has 0 spiro atoms.